The van der Waals surface area contributed by atoms with E-state index in [2.05, 4.69) is 57.8 Å². The van der Waals surface area contributed by atoms with Crippen LogP contribution >= 0.6 is 0 Å². The van der Waals surface area contributed by atoms with Crippen molar-refractivity contribution in [3.8, 4) is 0 Å². The third-order valence-corrected chi connectivity index (χ3v) is 12.2. The van der Waals surface area contributed by atoms with Crippen LogP contribution < -0.4 is 0 Å². The fraction of sp³-hybridized carbons (Fsp3) is 1.00. The van der Waals surface area contributed by atoms with Gasteiger partial charge in [0.15, 0.2) is 0 Å². The van der Waals surface area contributed by atoms with Crippen LogP contribution in [-0.2, 0) is 14.2 Å². The van der Waals surface area contributed by atoms with E-state index >= 15 is 0 Å². The van der Waals surface area contributed by atoms with Gasteiger partial charge in [-0.2, -0.15) is 0 Å². The Morgan fingerprint density at radius 1 is 0.809 bits per heavy atom. The number of fused-ring (bicyclic) bond motifs is 1. The molecular weight excluding hydrogens is 598 g/mol. The SMILES string of the molecule is CCC(OCCCN=[N+]=[N-])C1[C@@H](C2(C)CCC(OCCCN=[N+]=[N-])CC2)C[C@H](OCCCN=[N+]=[N-])[C@]2(C)C([C@H](C)CCCO)CC[C@@H]12. The zero-order chi connectivity index (χ0) is 34.1. The third-order valence-electron chi connectivity index (χ3n) is 12.2. The quantitative estimate of drug-likeness (QED) is 0.0523. The molecule has 0 radical (unpaired) electrons. The van der Waals surface area contributed by atoms with Crippen molar-refractivity contribution in [3.63, 3.8) is 0 Å². The van der Waals surface area contributed by atoms with Crippen LogP contribution in [0.25, 0.3) is 31.3 Å². The lowest BCUT2D eigenvalue weighted by molar-refractivity contribution is -0.192. The Hall–Kier alpha value is -2.23. The second-order valence-corrected chi connectivity index (χ2v) is 14.7. The fourth-order valence-corrected chi connectivity index (χ4v) is 9.83. The van der Waals surface area contributed by atoms with Crippen LogP contribution in [0.4, 0.5) is 0 Å². The molecule has 3 rings (SSSR count). The Morgan fingerprint density at radius 2 is 1.40 bits per heavy atom. The average Bonchev–Trinajstić information content (AvgIpc) is 3.44. The van der Waals surface area contributed by atoms with Gasteiger partial charge in [-0.05, 0) is 135 Å². The summed E-state index contributed by atoms with van der Waals surface area (Å²) in [6.45, 7) is 13.0. The van der Waals surface area contributed by atoms with Crippen LogP contribution in [0.3, 0.4) is 0 Å². The maximum Gasteiger partial charge on any atom is 0.0637 e. The molecule has 13 heteroatoms. The fourth-order valence-electron chi connectivity index (χ4n) is 9.83. The first kappa shape index (κ1) is 39.2. The predicted molar refractivity (Wildman–Crippen MR) is 183 cm³/mol. The Kier molecular flexibility index (Phi) is 17.0. The summed E-state index contributed by atoms with van der Waals surface area (Å²) in [6, 6.07) is 0. The number of hydrogen-bond donors (Lipinski definition) is 1. The number of aliphatic hydroxyl groups is 1. The summed E-state index contributed by atoms with van der Waals surface area (Å²) in [5, 5.41) is 20.8. The van der Waals surface area contributed by atoms with E-state index in [1.165, 1.54) is 0 Å². The zero-order valence-electron chi connectivity index (χ0n) is 29.5. The lowest BCUT2D eigenvalue weighted by Crippen LogP contribution is -2.59. The normalized spacial score (nSPS) is 33.1. The van der Waals surface area contributed by atoms with E-state index in [0.717, 1.165) is 70.6 Å². The van der Waals surface area contributed by atoms with Crippen molar-refractivity contribution in [2.45, 2.75) is 129 Å². The van der Waals surface area contributed by atoms with E-state index in [4.69, 9.17) is 30.8 Å². The van der Waals surface area contributed by atoms with E-state index < -0.39 is 0 Å². The molecule has 3 fully saturated rings. The van der Waals surface area contributed by atoms with E-state index in [9.17, 15) is 5.11 Å². The van der Waals surface area contributed by atoms with Gasteiger partial charge < -0.3 is 19.3 Å². The second-order valence-electron chi connectivity index (χ2n) is 14.7. The predicted octanol–water partition coefficient (Wildman–Crippen LogP) is 9.31. The highest BCUT2D eigenvalue weighted by molar-refractivity contribution is 5.12. The summed E-state index contributed by atoms with van der Waals surface area (Å²) >= 11 is 0. The van der Waals surface area contributed by atoms with Crippen molar-refractivity contribution in [1.82, 2.24) is 0 Å². The summed E-state index contributed by atoms with van der Waals surface area (Å²) in [5.41, 5.74) is 26.2. The number of hydrogen-bond acceptors (Lipinski definition) is 7. The Labute approximate surface area is 281 Å². The summed E-state index contributed by atoms with van der Waals surface area (Å²) in [5.74, 6) is 2.22. The molecule has 47 heavy (non-hydrogen) atoms. The summed E-state index contributed by atoms with van der Waals surface area (Å²) < 4.78 is 19.9. The van der Waals surface area contributed by atoms with Crippen molar-refractivity contribution >= 4 is 0 Å². The Balaban J connectivity index is 1.91. The molecule has 3 unspecified atom stereocenters. The number of nitrogens with zero attached hydrogens (tertiary/aromatic N) is 9. The van der Waals surface area contributed by atoms with E-state index in [0.29, 0.717) is 81.9 Å². The van der Waals surface area contributed by atoms with E-state index in [1.807, 2.05) is 0 Å². The minimum absolute atomic E-state index is 0.0288. The van der Waals surface area contributed by atoms with Gasteiger partial charge in [-0.3, -0.25) is 0 Å². The van der Waals surface area contributed by atoms with Crippen LogP contribution in [0.1, 0.15) is 111 Å². The molecule has 0 spiro atoms. The monoisotopic (exact) mass is 659 g/mol. The first-order valence-corrected chi connectivity index (χ1v) is 18.3. The molecule has 0 bridgehead atoms. The highest BCUT2D eigenvalue weighted by Crippen LogP contribution is 2.66. The third kappa shape index (κ3) is 10.4. The van der Waals surface area contributed by atoms with Gasteiger partial charge in [-0.1, -0.05) is 43.0 Å². The molecular formula is C34H61N9O4. The highest BCUT2D eigenvalue weighted by Gasteiger charge is 2.63. The maximum absolute atomic E-state index is 9.66. The molecule has 0 aliphatic heterocycles. The van der Waals surface area contributed by atoms with Gasteiger partial charge in [-0.25, -0.2) is 0 Å². The van der Waals surface area contributed by atoms with Gasteiger partial charge in [0.25, 0.3) is 0 Å². The molecule has 0 aromatic heterocycles. The van der Waals surface area contributed by atoms with Crippen LogP contribution in [0, 0.1) is 40.4 Å². The van der Waals surface area contributed by atoms with Crippen LogP contribution in [0.2, 0.25) is 0 Å². The van der Waals surface area contributed by atoms with Gasteiger partial charge in [0.2, 0.25) is 0 Å². The average molecular weight is 660 g/mol. The molecule has 266 valence electrons. The Bertz CT molecular complexity index is 1070. The lowest BCUT2D eigenvalue weighted by atomic mass is 9.48. The van der Waals surface area contributed by atoms with Gasteiger partial charge in [0, 0.05) is 66.2 Å². The van der Waals surface area contributed by atoms with Crippen molar-refractivity contribution in [2.75, 3.05) is 46.1 Å². The van der Waals surface area contributed by atoms with Gasteiger partial charge in [0.05, 0.1) is 18.3 Å². The smallest absolute Gasteiger partial charge is 0.0637 e. The minimum Gasteiger partial charge on any atom is -0.396 e. The van der Waals surface area contributed by atoms with Crippen molar-refractivity contribution < 1.29 is 19.3 Å². The molecule has 0 saturated heterocycles. The molecule has 0 heterocycles. The summed E-state index contributed by atoms with van der Waals surface area (Å²) in [4.78, 5) is 8.69. The molecule has 3 saturated carbocycles. The van der Waals surface area contributed by atoms with Gasteiger partial charge in [0.1, 0.15) is 0 Å². The molecule has 0 aromatic carbocycles. The topological polar surface area (TPSA) is 194 Å². The molecule has 3 aliphatic carbocycles. The number of azide groups is 3. The standard InChI is InChI=1S/C34H61N9O4/c1-5-30(46-22-8-18-39-42-36)32-28-12-11-27(25(2)10-6-20-44)34(28,4)31(47-23-9-19-40-43-37)24-29(32)33(3)15-13-26(14-16-33)45-21-7-17-38-41-35/h25-32,44H,5-24H2,1-4H3/t25-,26?,27?,28+,29+,30?,31+,32?,33?,34-/m1/s1. The van der Waals surface area contributed by atoms with E-state index in [1.54, 1.807) is 0 Å². The maximum atomic E-state index is 9.66. The first-order chi connectivity index (χ1) is 22.8. The summed E-state index contributed by atoms with van der Waals surface area (Å²) in [6.07, 6.45) is 12.9. The number of rotatable bonds is 22. The molecule has 1 N–H and O–H groups in total. The van der Waals surface area contributed by atoms with Gasteiger partial charge in [-0.15, -0.1) is 0 Å². The van der Waals surface area contributed by atoms with E-state index in [-0.39, 0.29) is 35.7 Å². The highest BCUT2D eigenvalue weighted by atomic mass is 16.5. The zero-order valence-corrected chi connectivity index (χ0v) is 29.5. The van der Waals surface area contributed by atoms with Crippen LogP contribution in [-0.4, -0.2) is 69.5 Å². The van der Waals surface area contributed by atoms with Crippen molar-refractivity contribution in [1.29, 1.82) is 0 Å². The van der Waals surface area contributed by atoms with Crippen LogP contribution in [0.5, 0.6) is 0 Å². The molecule has 8 atom stereocenters. The van der Waals surface area contributed by atoms with Crippen molar-refractivity contribution in [2.24, 2.45) is 55.8 Å². The molecule has 0 aromatic rings. The minimum atomic E-state index is -0.0288. The number of aliphatic hydroxyl groups excluding tert-OH is 1. The molecule has 3 aliphatic rings. The first-order valence-electron chi connectivity index (χ1n) is 18.3. The Morgan fingerprint density at radius 3 is 1.98 bits per heavy atom. The lowest BCUT2D eigenvalue weighted by Gasteiger charge is -2.60. The summed E-state index contributed by atoms with van der Waals surface area (Å²) in [7, 11) is 0. The number of ether oxygens (including phenoxy) is 3. The second kappa shape index (κ2) is 20.3. The molecule has 13 nitrogen and oxygen atoms in total. The largest absolute Gasteiger partial charge is 0.396 e. The molecule has 0 amide bonds. The van der Waals surface area contributed by atoms with Gasteiger partial charge >= 0.3 is 0 Å². The van der Waals surface area contributed by atoms with Crippen molar-refractivity contribution in [3.05, 3.63) is 31.3 Å². The van der Waals surface area contributed by atoms with Crippen LogP contribution in [0.15, 0.2) is 15.3 Å².